The number of nitrogens with zero attached hydrogens (tertiary/aromatic N) is 5. The number of carbonyl (C=O) groups excluding carboxylic acids is 2. The molecule has 1 N–H and O–H groups in total. The Labute approximate surface area is 343 Å². The lowest BCUT2D eigenvalue weighted by Crippen LogP contribution is -2.60. The molecule has 16 heteroatoms. The predicted molar refractivity (Wildman–Crippen MR) is 214 cm³/mol. The second kappa shape index (κ2) is 15.4. The average molecular weight is 829 g/mol. The molecule has 0 unspecified atom stereocenters. The normalized spacial score (nSPS) is 24.3. The van der Waals surface area contributed by atoms with E-state index >= 15 is 13.2 Å². The van der Waals surface area contributed by atoms with Gasteiger partial charge in [-0.25, -0.2) is 27.2 Å². The molecule has 314 valence electrons. The summed E-state index contributed by atoms with van der Waals surface area (Å²) in [6, 6.07) is 10.7. The number of hydrogen-bond donors (Lipinski definition) is 1. The summed E-state index contributed by atoms with van der Waals surface area (Å²) in [6.07, 6.45) is 0.213. The molecule has 10 rings (SSSR count). The number of anilines is 1. The van der Waals surface area contributed by atoms with Gasteiger partial charge in [-0.3, -0.25) is 9.88 Å². The quantitative estimate of drug-likeness (QED) is 0.103. The van der Waals surface area contributed by atoms with Crippen LogP contribution >= 0.6 is 0 Å². The number of rotatable bonds is 6. The Bertz CT molecular complexity index is 2550. The Morgan fingerprint density at radius 3 is 2.73 bits per heavy atom. The van der Waals surface area contributed by atoms with E-state index < -0.39 is 47.1 Å². The van der Waals surface area contributed by atoms with Crippen LogP contribution < -0.4 is 24.4 Å². The maximum Gasteiger partial charge on any atom is 0.407 e. The van der Waals surface area contributed by atoms with Crippen LogP contribution in [0.2, 0.25) is 0 Å². The number of methoxy groups -OCH3 is 1. The second-order valence-electron chi connectivity index (χ2n) is 16.6. The fraction of sp³-hybridized carbons (Fsp3) is 0.432. The largest absolute Gasteiger partial charge is 0.496 e. The highest BCUT2D eigenvalue weighted by molar-refractivity contribution is 6.03. The first kappa shape index (κ1) is 39.7. The first-order chi connectivity index (χ1) is 28.8. The number of esters is 1. The molecule has 0 aliphatic carbocycles. The Balaban J connectivity index is 1.23. The van der Waals surface area contributed by atoms with Crippen LogP contribution in [0.5, 0.6) is 17.5 Å². The van der Waals surface area contributed by atoms with Crippen molar-refractivity contribution in [1.82, 2.24) is 25.2 Å². The highest BCUT2D eigenvalue weighted by Crippen LogP contribution is 2.43. The summed E-state index contributed by atoms with van der Waals surface area (Å²) in [5.74, 6) is -1.80. The van der Waals surface area contributed by atoms with E-state index in [1.165, 1.54) is 31.5 Å². The van der Waals surface area contributed by atoms with Crippen molar-refractivity contribution in [2.24, 2.45) is 0 Å². The molecule has 0 saturated carbocycles. The first-order valence-corrected chi connectivity index (χ1v) is 20.2. The van der Waals surface area contributed by atoms with Crippen LogP contribution in [0, 0.1) is 18.6 Å². The zero-order chi connectivity index (χ0) is 41.9. The third-order valence-electron chi connectivity index (χ3n) is 12.3. The summed E-state index contributed by atoms with van der Waals surface area (Å²) >= 11 is 0. The predicted octanol–water partition coefficient (Wildman–Crippen LogP) is 7.59. The number of piperidine rings is 1. The van der Waals surface area contributed by atoms with Crippen molar-refractivity contribution in [1.29, 1.82) is 0 Å². The summed E-state index contributed by atoms with van der Waals surface area (Å²) in [6.45, 7) is 4.31. The molecule has 12 nitrogen and oxygen atoms in total. The van der Waals surface area contributed by atoms with Crippen molar-refractivity contribution < 1.29 is 46.1 Å². The minimum atomic E-state index is -1.43. The second-order valence-corrected chi connectivity index (χ2v) is 16.6. The molecule has 60 heavy (non-hydrogen) atoms. The lowest BCUT2D eigenvalue weighted by Gasteiger charge is -2.42. The number of aromatic nitrogens is 3. The van der Waals surface area contributed by atoms with Crippen LogP contribution in [0.1, 0.15) is 60.5 Å². The third-order valence-corrected chi connectivity index (χ3v) is 12.3. The number of halogens is 4. The number of aryl methyl sites for hydroxylation is 2. The molecule has 0 radical (unpaired) electrons. The lowest BCUT2D eigenvalue weighted by atomic mass is 9.90. The summed E-state index contributed by atoms with van der Waals surface area (Å²) in [5.41, 5.74) is -1.08. The molecule has 7 heterocycles. The smallest absolute Gasteiger partial charge is 0.407 e. The lowest BCUT2D eigenvalue weighted by molar-refractivity contribution is 0.0730. The Morgan fingerprint density at radius 2 is 1.90 bits per heavy atom. The van der Waals surface area contributed by atoms with Gasteiger partial charge in [0, 0.05) is 37.7 Å². The van der Waals surface area contributed by atoms with Crippen LogP contribution in [-0.4, -0.2) is 102 Å². The van der Waals surface area contributed by atoms with Crippen molar-refractivity contribution in [3.05, 3.63) is 77.0 Å². The van der Waals surface area contributed by atoms with E-state index in [0.717, 1.165) is 13.0 Å². The van der Waals surface area contributed by atoms with Crippen LogP contribution in [0.25, 0.3) is 32.9 Å². The van der Waals surface area contributed by atoms with Gasteiger partial charge < -0.3 is 29.2 Å². The van der Waals surface area contributed by atoms with Crippen molar-refractivity contribution >= 4 is 39.6 Å². The number of nitrogens with one attached hydrogen (secondary N) is 1. The van der Waals surface area contributed by atoms with Gasteiger partial charge in [-0.2, -0.15) is 9.97 Å². The van der Waals surface area contributed by atoms with E-state index in [2.05, 4.69) is 20.2 Å². The van der Waals surface area contributed by atoms with Crippen molar-refractivity contribution in [2.75, 3.05) is 51.4 Å². The minimum absolute atomic E-state index is 0.0228. The maximum absolute atomic E-state index is 17.6. The minimum Gasteiger partial charge on any atom is -0.496 e. The number of alkyl halides is 2. The summed E-state index contributed by atoms with van der Waals surface area (Å²) in [5, 5.41) is 3.65. The van der Waals surface area contributed by atoms with E-state index in [0.29, 0.717) is 35.1 Å². The molecular weight excluding hydrogens is 785 g/mol. The van der Waals surface area contributed by atoms with Gasteiger partial charge in [0.15, 0.2) is 5.82 Å². The number of pyridine rings is 1. The maximum atomic E-state index is 17.6. The van der Waals surface area contributed by atoms with Crippen molar-refractivity contribution in [2.45, 2.75) is 75.8 Å². The monoisotopic (exact) mass is 828 g/mol. The number of amides is 1. The highest BCUT2D eigenvalue weighted by Gasteiger charge is 2.49. The molecule has 2 aromatic heterocycles. The molecule has 4 atom stereocenters. The fourth-order valence-corrected chi connectivity index (χ4v) is 9.66. The van der Waals surface area contributed by atoms with Gasteiger partial charge >= 0.3 is 18.1 Å². The van der Waals surface area contributed by atoms with E-state index in [4.69, 9.17) is 23.9 Å². The Morgan fingerprint density at radius 1 is 1.07 bits per heavy atom. The zero-order valence-corrected chi connectivity index (χ0v) is 33.5. The standard InChI is InChI=1S/C44H44F4N6O6/c1-24-7-4-9-33(57-3)34(24)40(55)60-28-15-25-10-11-32(47)29-8-5-14-58-42(56)52-43(2)17-26(45)20-53(22-43)39-31-19-49-37(30(16-28)35(25)29)36(48)38(31)50-41(51-39)59-23-44-12-6-13-54(44)21-27(46)18-44/h4,7,9-11,15-16,19,26-27H,5-6,8,12-14,17-18,20-23H2,1-3H3,(H,52,56)/t26-,27-,43-,44+/m1/s1. The van der Waals surface area contributed by atoms with Gasteiger partial charge in [-0.05, 0) is 92.2 Å². The average Bonchev–Trinajstić information content (AvgIpc) is 3.73. The molecule has 1 amide bonds. The molecule has 3 aromatic carbocycles. The van der Waals surface area contributed by atoms with Gasteiger partial charge in [0.05, 0.1) is 36.7 Å². The van der Waals surface area contributed by atoms with Crippen LogP contribution in [-0.2, 0) is 11.2 Å². The Hall–Kier alpha value is -5.77. The molecule has 6 bridgehead atoms. The summed E-state index contributed by atoms with van der Waals surface area (Å²) in [7, 11) is 1.44. The molecule has 3 saturated heterocycles. The fourth-order valence-electron chi connectivity index (χ4n) is 9.66. The van der Waals surface area contributed by atoms with Crippen LogP contribution in [0.4, 0.5) is 28.2 Å². The van der Waals surface area contributed by atoms with Gasteiger partial charge in [0.25, 0.3) is 0 Å². The van der Waals surface area contributed by atoms with Crippen LogP contribution in [0.15, 0.2) is 48.7 Å². The number of fused-ring (bicyclic) bond motifs is 7. The Kier molecular flexibility index (Phi) is 10.2. The number of carbonyl (C=O) groups is 2. The van der Waals surface area contributed by atoms with E-state index in [1.807, 2.05) is 0 Å². The molecule has 5 aliphatic heterocycles. The number of hydrogen-bond acceptors (Lipinski definition) is 11. The summed E-state index contributed by atoms with van der Waals surface area (Å²) < 4.78 is 87.2. The third kappa shape index (κ3) is 7.17. The van der Waals surface area contributed by atoms with Crippen LogP contribution in [0.3, 0.4) is 0 Å². The van der Waals surface area contributed by atoms with Gasteiger partial charge in [-0.15, -0.1) is 0 Å². The summed E-state index contributed by atoms with van der Waals surface area (Å²) in [4.78, 5) is 44.4. The van der Waals surface area contributed by atoms with E-state index in [-0.39, 0.29) is 103 Å². The van der Waals surface area contributed by atoms with Gasteiger partial charge in [0.1, 0.15) is 58.9 Å². The highest BCUT2D eigenvalue weighted by atomic mass is 19.1. The molecule has 0 spiro atoms. The topological polar surface area (TPSA) is 128 Å². The first-order valence-electron chi connectivity index (χ1n) is 20.2. The molecular formula is C44H44F4N6O6. The van der Waals surface area contributed by atoms with E-state index in [9.17, 15) is 14.0 Å². The molecule has 3 fully saturated rings. The molecule has 5 aromatic rings. The SMILES string of the molecule is COc1cccc(C)c1C(=O)Oc1cc2c3c(c(F)ccc3c1)CCCOC(=O)N[C@]1(C)C[C@@H](F)CN(C1)c1nc(OC[C@@]34CCCN3C[C@H](F)C4)nc3c(F)c-2ncc13. The van der Waals surface area contributed by atoms with Gasteiger partial charge in [-0.1, -0.05) is 18.2 Å². The van der Waals surface area contributed by atoms with Crippen molar-refractivity contribution in [3.63, 3.8) is 0 Å². The van der Waals surface area contributed by atoms with Gasteiger partial charge in [0.2, 0.25) is 0 Å². The number of ether oxygens (including phenoxy) is 4. The molecule has 5 aliphatic rings. The number of benzene rings is 3. The van der Waals surface area contributed by atoms with Crippen molar-refractivity contribution in [3.8, 4) is 28.8 Å². The number of alkyl carbamates (subject to hydrolysis) is 1. The zero-order valence-electron chi connectivity index (χ0n) is 33.5. The van der Waals surface area contributed by atoms with E-state index in [1.54, 1.807) is 43.0 Å².